The molecule has 1 N–H and O–H groups in total. The fourth-order valence-corrected chi connectivity index (χ4v) is 1.81. The van der Waals surface area contributed by atoms with E-state index in [4.69, 9.17) is 0 Å². The Morgan fingerprint density at radius 1 is 1.33 bits per heavy atom. The lowest BCUT2D eigenvalue weighted by Crippen LogP contribution is -1.79. The molecule has 3 aromatic rings. The van der Waals surface area contributed by atoms with Gasteiger partial charge in [-0.15, -0.1) is 5.10 Å². The molecule has 74 valence electrons. The van der Waals surface area contributed by atoms with Crippen LogP contribution in [0.5, 0.6) is 0 Å². The van der Waals surface area contributed by atoms with Crippen LogP contribution in [-0.4, -0.2) is 19.6 Å². The summed E-state index contributed by atoms with van der Waals surface area (Å²) in [5.74, 6) is 0.332. The predicted octanol–water partition coefficient (Wildman–Crippen LogP) is 2.22. The molecule has 6 heteroatoms. The Balaban J connectivity index is 2.22. The molecule has 0 saturated carbocycles. The highest BCUT2D eigenvalue weighted by Gasteiger charge is 2.07. The van der Waals surface area contributed by atoms with Crippen molar-refractivity contribution in [1.82, 2.24) is 19.6 Å². The first-order chi connectivity index (χ1) is 7.33. The molecule has 0 atom stereocenters. The third-order valence-electron chi connectivity index (χ3n) is 2.05. The van der Waals surface area contributed by atoms with E-state index in [1.807, 2.05) is 0 Å². The first-order valence-corrected chi connectivity index (χ1v) is 5.09. The van der Waals surface area contributed by atoms with Crippen LogP contribution in [0.15, 0.2) is 23.6 Å². The highest BCUT2D eigenvalue weighted by atomic mass is 32.1. The molecule has 2 heterocycles. The maximum atomic E-state index is 12.9. The molecule has 2 aromatic heterocycles. The number of fused-ring (bicyclic) bond motifs is 1. The van der Waals surface area contributed by atoms with Gasteiger partial charge in [-0.05, 0) is 29.7 Å². The molecule has 0 saturated heterocycles. The Labute approximate surface area is 88.0 Å². The first-order valence-electron chi connectivity index (χ1n) is 4.25. The van der Waals surface area contributed by atoms with E-state index in [1.54, 1.807) is 11.4 Å². The van der Waals surface area contributed by atoms with E-state index in [9.17, 15) is 4.39 Å². The van der Waals surface area contributed by atoms with Crippen molar-refractivity contribution < 1.29 is 4.39 Å². The second kappa shape index (κ2) is 3.09. The number of benzene rings is 1. The Morgan fingerprint density at radius 3 is 3.07 bits per heavy atom. The number of hydrogen-bond donors (Lipinski definition) is 1. The average Bonchev–Trinajstić information content (AvgIpc) is 2.84. The molecular weight excluding hydrogens is 215 g/mol. The van der Waals surface area contributed by atoms with E-state index >= 15 is 0 Å². The van der Waals surface area contributed by atoms with Crippen molar-refractivity contribution in [3.05, 3.63) is 29.4 Å². The zero-order valence-corrected chi connectivity index (χ0v) is 8.25. The molecule has 0 aliphatic carbocycles. The first kappa shape index (κ1) is 8.49. The van der Waals surface area contributed by atoms with E-state index in [0.29, 0.717) is 17.0 Å². The van der Waals surface area contributed by atoms with Crippen molar-refractivity contribution in [2.24, 2.45) is 0 Å². The zero-order valence-electron chi connectivity index (χ0n) is 7.44. The summed E-state index contributed by atoms with van der Waals surface area (Å²) in [6.07, 6.45) is 0. The summed E-state index contributed by atoms with van der Waals surface area (Å²) in [6.45, 7) is 0. The number of rotatable bonds is 1. The smallest absolute Gasteiger partial charge is 0.160 e. The Kier molecular flexibility index (Phi) is 1.75. The summed E-state index contributed by atoms with van der Waals surface area (Å²) in [5, 5.41) is 5.67. The summed E-state index contributed by atoms with van der Waals surface area (Å²) >= 11 is 1.25. The van der Waals surface area contributed by atoms with Gasteiger partial charge in [0.05, 0.1) is 11.0 Å². The Bertz CT molecular complexity index is 602. The van der Waals surface area contributed by atoms with Gasteiger partial charge < -0.3 is 4.98 Å². The van der Waals surface area contributed by atoms with Crippen molar-refractivity contribution in [3.8, 4) is 11.5 Å². The number of nitrogens with zero attached hydrogens (tertiary/aromatic N) is 3. The largest absolute Gasteiger partial charge is 0.336 e. The molecular formula is C9H5FN4S. The van der Waals surface area contributed by atoms with Crippen molar-refractivity contribution in [1.29, 1.82) is 0 Å². The van der Waals surface area contributed by atoms with Crippen molar-refractivity contribution in [3.63, 3.8) is 0 Å². The van der Waals surface area contributed by atoms with E-state index in [-0.39, 0.29) is 5.82 Å². The lowest BCUT2D eigenvalue weighted by molar-refractivity contribution is 0.629. The maximum Gasteiger partial charge on any atom is 0.160 e. The van der Waals surface area contributed by atoms with Gasteiger partial charge in [0.15, 0.2) is 5.82 Å². The van der Waals surface area contributed by atoms with Gasteiger partial charge in [-0.25, -0.2) is 9.37 Å². The second-order valence-electron chi connectivity index (χ2n) is 3.04. The molecule has 0 unspecified atom stereocenters. The lowest BCUT2D eigenvalue weighted by atomic mass is 10.3. The van der Waals surface area contributed by atoms with Crippen LogP contribution in [0.3, 0.4) is 0 Å². The minimum Gasteiger partial charge on any atom is -0.336 e. The molecule has 0 aliphatic heterocycles. The molecule has 0 spiro atoms. The molecule has 0 aliphatic rings. The van der Waals surface area contributed by atoms with E-state index < -0.39 is 0 Å². The molecule has 0 amide bonds. The molecule has 0 fully saturated rings. The van der Waals surface area contributed by atoms with Gasteiger partial charge in [-0.1, -0.05) is 4.49 Å². The van der Waals surface area contributed by atoms with Gasteiger partial charge >= 0.3 is 0 Å². The molecule has 1 aromatic carbocycles. The van der Waals surface area contributed by atoms with Gasteiger partial charge in [0.1, 0.15) is 11.5 Å². The topological polar surface area (TPSA) is 54.5 Å². The number of imidazole rings is 1. The SMILES string of the molecule is Fc1ccc2nc(-c3csnn3)[nH]c2c1. The monoisotopic (exact) mass is 220 g/mol. The summed E-state index contributed by atoms with van der Waals surface area (Å²) in [6, 6.07) is 4.42. The number of aromatic amines is 1. The third kappa shape index (κ3) is 1.39. The summed E-state index contributed by atoms with van der Waals surface area (Å²) < 4.78 is 16.7. The van der Waals surface area contributed by atoms with Crippen LogP contribution in [-0.2, 0) is 0 Å². The van der Waals surface area contributed by atoms with Crippen molar-refractivity contribution in [2.45, 2.75) is 0 Å². The van der Waals surface area contributed by atoms with Crippen molar-refractivity contribution in [2.75, 3.05) is 0 Å². The van der Waals surface area contributed by atoms with E-state index in [2.05, 4.69) is 19.6 Å². The van der Waals surface area contributed by atoms with Gasteiger partial charge in [0.25, 0.3) is 0 Å². The van der Waals surface area contributed by atoms with Crippen LogP contribution in [0.1, 0.15) is 0 Å². The molecule has 0 bridgehead atoms. The standard InChI is InChI=1S/C9H5FN4S/c10-5-1-2-6-7(3-5)12-9(11-6)8-4-15-14-13-8/h1-4H,(H,11,12). The van der Waals surface area contributed by atoms with E-state index in [1.165, 1.54) is 23.7 Å². The normalized spacial score (nSPS) is 11.0. The lowest BCUT2D eigenvalue weighted by Gasteiger charge is -1.86. The quantitative estimate of drug-likeness (QED) is 0.684. The average molecular weight is 220 g/mol. The molecule has 0 radical (unpaired) electrons. The molecule has 4 nitrogen and oxygen atoms in total. The number of hydrogen-bond acceptors (Lipinski definition) is 4. The number of aromatic nitrogens is 4. The fourth-order valence-electron chi connectivity index (χ4n) is 1.37. The van der Waals surface area contributed by atoms with Crippen LogP contribution >= 0.6 is 11.5 Å². The molecule has 3 rings (SSSR count). The predicted molar refractivity (Wildman–Crippen MR) is 55.0 cm³/mol. The van der Waals surface area contributed by atoms with Gasteiger partial charge in [0, 0.05) is 5.38 Å². The number of halogens is 1. The minimum absolute atomic E-state index is 0.283. The fraction of sp³-hybridized carbons (Fsp3) is 0. The van der Waals surface area contributed by atoms with Crippen molar-refractivity contribution >= 4 is 22.6 Å². The number of H-pyrrole nitrogens is 1. The van der Waals surface area contributed by atoms with E-state index in [0.717, 1.165) is 5.52 Å². The summed E-state index contributed by atoms with van der Waals surface area (Å²) in [7, 11) is 0. The van der Waals surface area contributed by atoms with Crippen LogP contribution in [0, 0.1) is 5.82 Å². The summed E-state index contributed by atoms with van der Waals surface area (Å²) in [4.78, 5) is 7.27. The van der Waals surface area contributed by atoms with Crippen LogP contribution in [0.4, 0.5) is 4.39 Å². The second-order valence-corrected chi connectivity index (χ2v) is 3.65. The number of nitrogens with one attached hydrogen (secondary N) is 1. The minimum atomic E-state index is -0.283. The maximum absolute atomic E-state index is 12.9. The summed E-state index contributed by atoms with van der Waals surface area (Å²) in [5.41, 5.74) is 2.06. The van der Waals surface area contributed by atoms with Crippen LogP contribution in [0.25, 0.3) is 22.6 Å². The highest BCUT2D eigenvalue weighted by Crippen LogP contribution is 2.19. The molecule has 15 heavy (non-hydrogen) atoms. The Morgan fingerprint density at radius 2 is 2.27 bits per heavy atom. The third-order valence-corrected chi connectivity index (χ3v) is 2.55. The van der Waals surface area contributed by atoms with Crippen LogP contribution in [0.2, 0.25) is 0 Å². The van der Waals surface area contributed by atoms with Gasteiger partial charge in [-0.2, -0.15) is 0 Å². The zero-order chi connectivity index (χ0) is 10.3. The highest BCUT2D eigenvalue weighted by molar-refractivity contribution is 7.03. The Hall–Kier alpha value is -1.82. The van der Waals surface area contributed by atoms with Gasteiger partial charge in [-0.3, -0.25) is 0 Å². The van der Waals surface area contributed by atoms with Crippen LogP contribution < -0.4 is 0 Å². The van der Waals surface area contributed by atoms with Gasteiger partial charge in [0.2, 0.25) is 0 Å².